The molecule has 0 aliphatic heterocycles. The molecule has 3 atom stereocenters. The third-order valence-corrected chi connectivity index (χ3v) is 2.80. The summed E-state index contributed by atoms with van der Waals surface area (Å²) < 4.78 is 5.01. The van der Waals surface area contributed by atoms with E-state index in [1.807, 2.05) is 6.92 Å². The molecule has 1 aliphatic rings. The predicted octanol–water partition coefficient (Wildman–Crippen LogP) is 1.73. The van der Waals surface area contributed by atoms with Gasteiger partial charge in [0, 0.05) is 6.04 Å². The van der Waals surface area contributed by atoms with Gasteiger partial charge in [-0.15, -0.1) is 12.4 Å². The van der Waals surface area contributed by atoms with Gasteiger partial charge in [0.15, 0.2) is 0 Å². The maximum atomic E-state index is 11.5. The zero-order valence-electron chi connectivity index (χ0n) is 8.86. The first kappa shape index (κ1) is 13.7. The minimum atomic E-state index is -0.0399. The quantitative estimate of drug-likeness (QED) is 0.723. The molecular weight excluding hydrogens is 202 g/mol. The van der Waals surface area contributed by atoms with Gasteiger partial charge in [-0.3, -0.25) is 4.79 Å². The lowest BCUT2D eigenvalue weighted by Gasteiger charge is -2.30. The number of ether oxygens (including phenoxy) is 1. The zero-order valence-corrected chi connectivity index (χ0v) is 9.68. The van der Waals surface area contributed by atoms with Gasteiger partial charge in [0.2, 0.25) is 0 Å². The van der Waals surface area contributed by atoms with Gasteiger partial charge in [0.05, 0.1) is 12.5 Å². The van der Waals surface area contributed by atoms with E-state index in [1.54, 1.807) is 0 Å². The van der Waals surface area contributed by atoms with Gasteiger partial charge < -0.3 is 10.5 Å². The van der Waals surface area contributed by atoms with Crippen LogP contribution in [0.15, 0.2) is 0 Å². The average Bonchev–Trinajstić information content (AvgIpc) is 2.04. The molecule has 0 unspecified atom stereocenters. The Bertz CT molecular complexity index is 187. The summed E-state index contributed by atoms with van der Waals surface area (Å²) in [5.41, 5.74) is 5.81. The van der Waals surface area contributed by atoms with Crippen LogP contribution in [0, 0.1) is 11.8 Å². The van der Waals surface area contributed by atoms with Crippen LogP contribution in [-0.4, -0.2) is 18.6 Å². The predicted molar refractivity (Wildman–Crippen MR) is 58.4 cm³/mol. The first-order valence-electron chi connectivity index (χ1n) is 5.07. The van der Waals surface area contributed by atoms with E-state index in [1.165, 1.54) is 0 Å². The molecule has 4 heteroatoms. The van der Waals surface area contributed by atoms with Crippen LogP contribution in [0.5, 0.6) is 0 Å². The average molecular weight is 222 g/mol. The molecule has 0 aromatic heterocycles. The fourth-order valence-corrected chi connectivity index (χ4v) is 2.04. The van der Waals surface area contributed by atoms with Crippen LogP contribution < -0.4 is 5.73 Å². The second-order valence-electron chi connectivity index (χ2n) is 3.91. The van der Waals surface area contributed by atoms with Crippen LogP contribution in [0.2, 0.25) is 0 Å². The molecule has 0 spiro atoms. The highest BCUT2D eigenvalue weighted by molar-refractivity contribution is 5.85. The van der Waals surface area contributed by atoms with Crippen molar-refractivity contribution in [2.45, 2.75) is 39.2 Å². The van der Waals surface area contributed by atoms with Crippen molar-refractivity contribution in [3.63, 3.8) is 0 Å². The van der Waals surface area contributed by atoms with Crippen molar-refractivity contribution in [3.05, 3.63) is 0 Å². The summed E-state index contributed by atoms with van der Waals surface area (Å²) in [6, 6.07) is 0.278. The second-order valence-corrected chi connectivity index (χ2v) is 3.91. The zero-order chi connectivity index (χ0) is 9.84. The molecule has 3 nitrogen and oxygen atoms in total. The number of esters is 1. The number of hydrogen-bond donors (Lipinski definition) is 1. The van der Waals surface area contributed by atoms with E-state index in [9.17, 15) is 4.79 Å². The Kier molecular flexibility index (Phi) is 6.12. The number of carbonyl (C=O) groups excluding carboxylic acids is 1. The first-order chi connectivity index (χ1) is 6.15. The molecule has 0 heterocycles. The molecule has 1 aliphatic carbocycles. The van der Waals surface area contributed by atoms with Crippen molar-refractivity contribution in [2.75, 3.05) is 6.61 Å². The van der Waals surface area contributed by atoms with Crippen molar-refractivity contribution in [2.24, 2.45) is 17.6 Å². The lowest BCUT2D eigenvalue weighted by atomic mass is 9.78. The normalized spacial score (nSPS) is 31.8. The van der Waals surface area contributed by atoms with Crippen LogP contribution >= 0.6 is 12.4 Å². The Morgan fingerprint density at radius 2 is 2.14 bits per heavy atom. The van der Waals surface area contributed by atoms with E-state index in [2.05, 4.69) is 6.92 Å². The summed E-state index contributed by atoms with van der Waals surface area (Å²) in [7, 11) is 0. The van der Waals surface area contributed by atoms with E-state index in [4.69, 9.17) is 10.5 Å². The smallest absolute Gasteiger partial charge is 0.309 e. The molecule has 1 rings (SSSR count). The van der Waals surface area contributed by atoms with Gasteiger partial charge in [-0.25, -0.2) is 0 Å². The molecule has 0 amide bonds. The van der Waals surface area contributed by atoms with Gasteiger partial charge in [0.1, 0.15) is 0 Å². The molecule has 1 fully saturated rings. The summed E-state index contributed by atoms with van der Waals surface area (Å²) in [5, 5.41) is 0. The van der Waals surface area contributed by atoms with E-state index < -0.39 is 0 Å². The highest BCUT2D eigenvalue weighted by atomic mass is 35.5. The van der Waals surface area contributed by atoms with Crippen molar-refractivity contribution in [3.8, 4) is 0 Å². The minimum absolute atomic E-state index is 0. The molecule has 0 aromatic rings. The van der Waals surface area contributed by atoms with E-state index >= 15 is 0 Å². The number of hydrogen-bond acceptors (Lipinski definition) is 3. The highest BCUT2D eigenvalue weighted by Crippen LogP contribution is 2.29. The third-order valence-electron chi connectivity index (χ3n) is 2.80. The minimum Gasteiger partial charge on any atom is -0.466 e. The number of rotatable bonds is 2. The monoisotopic (exact) mass is 221 g/mol. The van der Waals surface area contributed by atoms with Crippen LogP contribution in [0.25, 0.3) is 0 Å². The lowest BCUT2D eigenvalue weighted by molar-refractivity contribution is -0.151. The Hall–Kier alpha value is -0.280. The van der Waals surface area contributed by atoms with Crippen LogP contribution in [0.4, 0.5) is 0 Å². The first-order valence-corrected chi connectivity index (χ1v) is 5.07. The lowest BCUT2D eigenvalue weighted by Crippen LogP contribution is -2.36. The molecule has 84 valence electrons. The van der Waals surface area contributed by atoms with Crippen LogP contribution in [-0.2, 0) is 9.53 Å². The van der Waals surface area contributed by atoms with Crippen molar-refractivity contribution in [1.82, 2.24) is 0 Å². The number of nitrogens with two attached hydrogens (primary N) is 1. The number of carbonyl (C=O) groups is 1. The maximum absolute atomic E-state index is 11.5. The van der Waals surface area contributed by atoms with E-state index in [-0.39, 0.29) is 30.3 Å². The Balaban J connectivity index is 0.00000169. The molecule has 0 bridgehead atoms. The van der Waals surface area contributed by atoms with Gasteiger partial charge in [-0.1, -0.05) is 6.92 Å². The van der Waals surface area contributed by atoms with Gasteiger partial charge in [-0.05, 0) is 32.1 Å². The molecule has 0 radical (unpaired) electrons. The van der Waals surface area contributed by atoms with E-state index in [0.29, 0.717) is 12.5 Å². The highest BCUT2D eigenvalue weighted by Gasteiger charge is 2.31. The third kappa shape index (κ3) is 3.46. The summed E-state index contributed by atoms with van der Waals surface area (Å²) in [6.45, 7) is 4.41. The summed E-state index contributed by atoms with van der Waals surface area (Å²) in [5.74, 6) is 0.421. The van der Waals surface area contributed by atoms with Crippen LogP contribution in [0.3, 0.4) is 0 Å². The van der Waals surface area contributed by atoms with Gasteiger partial charge in [0.25, 0.3) is 0 Å². The molecule has 0 aromatic carbocycles. The second kappa shape index (κ2) is 6.25. The molecular formula is C10H20ClNO2. The SMILES string of the molecule is CCOC(=O)[C@@H]1CC[C@H](N)C[C@@H]1C.Cl. The van der Waals surface area contributed by atoms with Crippen molar-refractivity contribution >= 4 is 18.4 Å². The Labute approximate surface area is 91.8 Å². The fourth-order valence-electron chi connectivity index (χ4n) is 2.04. The fraction of sp³-hybridized carbons (Fsp3) is 0.900. The summed E-state index contributed by atoms with van der Waals surface area (Å²) in [6.07, 6.45) is 2.79. The molecule has 2 N–H and O–H groups in total. The van der Waals surface area contributed by atoms with E-state index in [0.717, 1.165) is 19.3 Å². The van der Waals surface area contributed by atoms with Gasteiger partial charge >= 0.3 is 5.97 Å². The number of halogens is 1. The van der Waals surface area contributed by atoms with Gasteiger partial charge in [-0.2, -0.15) is 0 Å². The maximum Gasteiger partial charge on any atom is 0.309 e. The summed E-state index contributed by atoms with van der Waals surface area (Å²) >= 11 is 0. The van der Waals surface area contributed by atoms with Crippen LogP contribution in [0.1, 0.15) is 33.1 Å². The standard InChI is InChI=1S/C10H19NO2.ClH/c1-3-13-10(12)9-5-4-8(11)6-7(9)2;/h7-9H,3-6,11H2,1-2H3;1H/t7-,8-,9+;/m0./s1. The molecule has 0 saturated heterocycles. The largest absolute Gasteiger partial charge is 0.466 e. The molecule has 14 heavy (non-hydrogen) atoms. The molecule has 1 saturated carbocycles. The summed E-state index contributed by atoms with van der Waals surface area (Å²) in [4.78, 5) is 11.5. The topological polar surface area (TPSA) is 52.3 Å². The van der Waals surface area contributed by atoms with Crippen molar-refractivity contribution < 1.29 is 9.53 Å². The van der Waals surface area contributed by atoms with Crippen molar-refractivity contribution in [1.29, 1.82) is 0 Å². The Morgan fingerprint density at radius 3 is 2.64 bits per heavy atom. The Morgan fingerprint density at radius 1 is 1.50 bits per heavy atom.